The van der Waals surface area contributed by atoms with Gasteiger partial charge in [-0.05, 0) is 0 Å². The van der Waals surface area contributed by atoms with E-state index in [1.165, 1.54) is 6.07 Å². The van der Waals surface area contributed by atoms with E-state index in [0.29, 0.717) is 43.0 Å². The van der Waals surface area contributed by atoms with Crippen LogP contribution in [0.4, 0.5) is 15.1 Å². The molecule has 34 heavy (non-hydrogen) atoms. The Bertz CT molecular complexity index is 1080. The molecule has 1 aromatic carbocycles. The number of benzene rings is 1. The molecular formula is C21H25FN8O4. The standard InChI is InChI=1S/C21H25FN8O4/c22-18-13(10-25-19(24)28-21(32)33)2-1-3-16(18)14-11-26-20(27-12-14)30-7-4-15(5-8-30)29-34-9-6-17(23)31/h1-3,11-12H,4-10H2,(H2,23,31)(H,32,33)(H3,24,25,28). The molecule has 2 aromatic rings. The highest BCUT2D eigenvalue weighted by molar-refractivity contribution is 5.92. The second-order valence-electron chi connectivity index (χ2n) is 7.38. The molecule has 12 nitrogen and oxygen atoms in total. The molecule has 0 aliphatic carbocycles. The number of carbonyl (C=O) groups is 2. The highest BCUT2D eigenvalue weighted by Gasteiger charge is 2.19. The Labute approximate surface area is 194 Å². The van der Waals surface area contributed by atoms with Crippen LogP contribution in [0.15, 0.2) is 40.7 Å². The van der Waals surface area contributed by atoms with Crippen LogP contribution in [0.3, 0.4) is 0 Å². The first-order valence-electron chi connectivity index (χ1n) is 10.4. The Morgan fingerprint density at radius 2 is 1.91 bits per heavy atom. The molecule has 2 heterocycles. The molecule has 0 spiro atoms. The number of primary amides is 1. The number of carbonyl (C=O) groups excluding carboxylic acids is 1. The van der Waals surface area contributed by atoms with E-state index < -0.39 is 17.8 Å². The molecule has 0 bridgehead atoms. The van der Waals surface area contributed by atoms with Gasteiger partial charge < -0.3 is 26.3 Å². The molecule has 1 aliphatic rings. The molecule has 0 radical (unpaired) electrons. The number of piperidine rings is 1. The SMILES string of the molecule is NC(=O)CCON=C1CCN(c2ncc(-c3cccc(CN=C(N)NC(=O)O)c3F)cn2)CC1. The molecule has 1 fully saturated rings. The fourth-order valence-corrected chi connectivity index (χ4v) is 3.21. The Morgan fingerprint density at radius 1 is 1.21 bits per heavy atom. The number of halogens is 1. The van der Waals surface area contributed by atoms with Crippen molar-refractivity contribution in [3.05, 3.63) is 42.0 Å². The number of rotatable bonds is 8. The zero-order chi connectivity index (χ0) is 24.5. The zero-order valence-corrected chi connectivity index (χ0v) is 18.3. The third kappa shape index (κ3) is 6.85. The first-order valence-corrected chi connectivity index (χ1v) is 10.4. The van der Waals surface area contributed by atoms with Gasteiger partial charge in [0.25, 0.3) is 0 Å². The lowest BCUT2D eigenvalue weighted by Crippen LogP contribution is -2.35. The molecule has 1 aliphatic heterocycles. The highest BCUT2D eigenvalue weighted by Crippen LogP contribution is 2.25. The fourth-order valence-electron chi connectivity index (χ4n) is 3.21. The smallest absolute Gasteiger partial charge is 0.411 e. The number of hydrogen-bond acceptors (Lipinski definition) is 8. The number of oxime groups is 1. The van der Waals surface area contributed by atoms with Crippen molar-refractivity contribution in [1.29, 1.82) is 0 Å². The predicted octanol–water partition coefficient (Wildman–Crippen LogP) is 1.21. The minimum absolute atomic E-state index is 0.121. The molecular weight excluding hydrogens is 447 g/mol. The van der Waals surface area contributed by atoms with Crippen molar-refractivity contribution < 1.29 is 23.9 Å². The molecule has 1 aromatic heterocycles. The average molecular weight is 472 g/mol. The molecule has 3 rings (SSSR count). The minimum atomic E-state index is -1.35. The second-order valence-corrected chi connectivity index (χ2v) is 7.38. The van der Waals surface area contributed by atoms with E-state index >= 15 is 0 Å². The van der Waals surface area contributed by atoms with Crippen molar-refractivity contribution in [2.45, 2.75) is 25.8 Å². The number of aliphatic imine (C=N–C) groups is 1. The maximum atomic E-state index is 15.0. The summed E-state index contributed by atoms with van der Waals surface area (Å²) in [7, 11) is 0. The Morgan fingerprint density at radius 3 is 2.56 bits per heavy atom. The van der Waals surface area contributed by atoms with Gasteiger partial charge in [-0.2, -0.15) is 0 Å². The van der Waals surface area contributed by atoms with Crippen molar-refractivity contribution in [3.63, 3.8) is 0 Å². The summed E-state index contributed by atoms with van der Waals surface area (Å²) in [5, 5.41) is 14.6. The first-order chi connectivity index (χ1) is 16.3. The van der Waals surface area contributed by atoms with Gasteiger partial charge in [-0.15, -0.1) is 0 Å². The fraction of sp³-hybridized carbons (Fsp3) is 0.333. The van der Waals surface area contributed by atoms with Gasteiger partial charge >= 0.3 is 6.09 Å². The number of nitrogens with one attached hydrogen (secondary N) is 1. The van der Waals surface area contributed by atoms with Gasteiger partial charge in [0.1, 0.15) is 12.4 Å². The van der Waals surface area contributed by atoms with Crippen molar-refractivity contribution in [2.24, 2.45) is 21.6 Å². The predicted molar refractivity (Wildman–Crippen MR) is 123 cm³/mol. The Hall–Kier alpha value is -4.29. The largest absolute Gasteiger partial charge is 0.465 e. The summed E-state index contributed by atoms with van der Waals surface area (Å²) in [5.41, 5.74) is 12.4. The van der Waals surface area contributed by atoms with Gasteiger partial charge in [0.2, 0.25) is 11.9 Å². The number of anilines is 1. The van der Waals surface area contributed by atoms with Gasteiger partial charge in [0.05, 0.1) is 18.7 Å². The van der Waals surface area contributed by atoms with E-state index in [1.807, 2.05) is 10.2 Å². The number of nitrogens with two attached hydrogens (primary N) is 2. The van der Waals surface area contributed by atoms with Crippen LogP contribution in [0, 0.1) is 5.82 Å². The maximum Gasteiger partial charge on any atom is 0.411 e. The molecule has 0 saturated carbocycles. The third-order valence-corrected chi connectivity index (χ3v) is 4.94. The van der Waals surface area contributed by atoms with Crippen LogP contribution in [0.25, 0.3) is 11.1 Å². The lowest BCUT2D eigenvalue weighted by atomic mass is 10.0. The van der Waals surface area contributed by atoms with Crippen LogP contribution < -0.4 is 21.7 Å². The minimum Gasteiger partial charge on any atom is -0.465 e. The number of amides is 2. The van der Waals surface area contributed by atoms with Crippen LogP contribution >= 0.6 is 0 Å². The summed E-state index contributed by atoms with van der Waals surface area (Å²) in [4.78, 5) is 41.0. The van der Waals surface area contributed by atoms with Crippen LogP contribution in [0.5, 0.6) is 0 Å². The molecule has 0 atom stereocenters. The van der Waals surface area contributed by atoms with Crippen molar-refractivity contribution in [2.75, 3.05) is 24.6 Å². The molecule has 13 heteroatoms. The molecule has 0 unspecified atom stereocenters. The summed E-state index contributed by atoms with van der Waals surface area (Å²) in [6, 6.07) is 4.80. The van der Waals surface area contributed by atoms with Gasteiger partial charge in [-0.25, -0.2) is 24.1 Å². The lowest BCUT2D eigenvalue weighted by Gasteiger charge is -2.27. The monoisotopic (exact) mass is 472 g/mol. The Balaban J connectivity index is 1.61. The highest BCUT2D eigenvalue weighted by atomic mass is 19.1. The third-order valence-electron chi connectivity index (χ3n) is 4.94. The number of carboxylic acid groups (broad SMARTS) is 1. The number of hydrogen-bond donors (Lipinski definition) is 4. The normalized spacial score (nSPS) is 14.0. The van der Waals surface area contributed by atoms with E-state index in [0.717, 1.165) is 5.71 Å². The molecule has 1 saturated heterocycles. The summed E-state index contributed by atoms with van der Waals surface area (Å²) in [6.45, 7) is 1.31. The number of nitrogens with zero attached hydrogens (tertiary/aromatic N) is 5. The molecule has 180 valence electrons. The van der Waals surface area contributed by atoms with E-state index in [-0.39, 0.29) is 31.1 Å². The maximum absolute atomic E-state index is 15.0. The van der Waals surface area contributed by atoms with Crippen molar-refractivity contribution in [1.82, 2.24) is 15.3 Å². The van der Waals surface area contributed by atoms with Crippen molar-refractivity contribution in [3.8, 4) is 11.1 Å². The van der Waals surface area contributed by atoms with Gasteiger partial charge in [0.15, 0.2) is 5.96 Å². The zero-order valence-electron chi connectivity index (χ0n) is 18.3. The van der Waals surface area contributed by atoms with Crippen molar-refractivity contribution >= 4 is 29.6 Å². The number of guanidine groups is 1. The molecule has 6 N–H and O–H groups in total. The number of aromatic nitrogens is 2. The lowest BCUT2D eigenvalue weighted by molar-refractivity contribution is -0.119. The second kappa shape index (κ2) is 11.5. The van der Waals surface area contributed by atoms with E-state index in [9.17, 15) is 14.0 Å². The summed E-state index contributed by atoms with van der Waals surface area (Å²) < 4.78 is 15.0. The van der Waals surface area contributed by atoms with Gasteiger partial charge in [-0.3, -0.25) is 10.1 Å². The Kier molecular flexibility index (Phi) is 8.26. The van der Waals surface area contributed by atoms with Crippen LogP contribution in [0.1, 0.15) is 24.8 Å². The summed E-state index contributed by atoms with van der Waals surface area (Å²) in [6.07, 6.45) is 3.20. The quantitative estimate of drug-likeness (QED) is 0.191. The van der Waals surface area contributed by atoms with Gasteiger partial charge in [-0.1, -0.05) is 23.4 Å². The van der Waals surface area contributed by atoms with E-state index in [1.54, 1.807) is 24.5 Å². The van der Waals surface area contributed by atoms with Crippen LogP contribution in [0.2, 0.25) is 0 Å². The van der Waals surface area contributed by atoms with E-state index in [4.69, 9.17) is 21.4 Å². The van der Waals surface area contributed by atoms with Crippen LogP contribution in [-0.2, 0) is 16.2 Å². The van der Waals surface area contributed by atoms with Crippen LogP contribution in [-0.4, -0.2) is 58.4 Å². The average Bonchev–Trinajstić information content (AvgIpc) is 2.81. The first kappa shape index (κ1) is 24.4. The van der Waals surface area contributed by atoms with Gasteiger partial charge in [0, 0.05) is 55.0 Å². The summed E-state index contributed by atoms with van der Waals surface area (Å²) in [5.74, 6) is -0.752. The summed E-state index contributed by atoms with van der Waals surface area (Å²) >= 11 is 0. The topological polar surface area (TPSA) is 181 Å². The van der Waals surface area contributed by atoms with E-state index in [2.05, 4.69) is 20.1 Å². The molecule has 2 amide bonds.